The zero-order chi connectivity index (χ0) is 35.4. The highest BCUT2D eigenvalue weighted by atomic mass is 16.6. The Morgan fingerprint density at radius 1 is 1.04 bits per heavy atom. The quantitative estimate of drug-likeness (QED) is 0.241. The molecule has 10 aliphatic rings. The third-order valence-electron chi connectivity index (χ3n) is 16.9. The Balaban J connectivity index is 1.05. The molecule has 2 aromatic carbocycles. The maximum Gasteiger partial charge on any atom is 0.335 e. The molecule has 2 saturated carbocycles. The van der Waals surface area contributed by atoms with Crippen LogP contribution < -0.4 is 10.6 Å². The van der Waals surface area contributed by atoms with Crippen molar-refractivity contribution >= 4 is 23.3 Å². The minimum Gasteiger partial charge on any atom is -0.468 e. The zero-order valence-corrected chi connectivity index (χ0v) is 30.2. The number of aliphatic hydroxyl groups is 1. The number of ether oxygens (including phenoxy) is 3. The van der Waals surface area contributed by atoms with Crippen molar-refractivity contribution in [2.24, 2.45) is 22.2 Å². The van der Waals surface area contributed by atoms with Gasteiger partial charge in [0.15, 0.2) is 5.72 Å². The molecule has 7 heterocycles. The van der Waals surface area contributed by atoms with E-state index in [4.69, 9.17) is 14.2 Å². The summed E-state index contributed by atoms with van der Waals surface area (Å²) >= 11 is 0. The summed E-state index contributed by atoms with van der Waals surface area (Å²) in [5.74, 6) is -0.740. The molecule has 10 heteroatoms. The zero-order valence-electron chi connectivity index (χ0n) is 30.2. The van der Waals surface area contributed by atoms with E-state index in [9.17, 15) is 14.7 Å². The van der Waals surface area contributed by atoms with Crippen LogP contribution >= 0.6 is 0 Å². The maximum absolute atomic E-state index is 14.4. The second-order valence-corrected chi connectivity index (χ2v) is 17.7. The Morgan fingerprint density at radius 3 is 2.69 bits per heavy atom. The van der Waals surface area contributed by atoms with Crippen LogP contribution in [-0.2, 0) is 34.6 Å². The molecule has 2 aromatic rings. The number of hydrogen-bond acceptors (Lipinski definition) is 10. The van der Waals surface area contributed by atoms with E-state index in [2.05, 4.69) is 88.9 Å². The van der Waals surface area contributed by atoms with Crippen molar-refractivity contribution in [3.63, 3.8) is 0 Å². The van der Waals surface area contributed by atoms with E-state index in [0.717, 1.165) is 67.1 Å². The van der Waals surface area contributed by atoms with Gasteiger partial charge in [0.1, 0.15) is 11.5 Å². The average molecular weight is 703 g/mol. The fourth-order valence-electron chi connectivity index (χ4n) is 15.3. The first kappa shape index (κ1) is 30.7. The van der Waals surface area contributed by atoms with Crippen molar-refractivity contribution in [2.75, 3.05) is 44.5 Å². The number of methoxy groups -OCH3 is 2. The molecule has 10 nitrogen and oxygen atoms in total. The Kier molecular flexibility index (Phi) is 5.40. The SMILES string of the molecule is CC[C@@]12CC(C(=O)OC)=C3Nc4ccccc4[C@@]34CCN([C@H](c3ccc5c(c3)[C@@]36CCN7CC=C[C@]8(C[C@]3(C(=O)OC)[C@@](O)(N5)[C@@H]8C)[C@H]76)[C@H]3O[C@H]31)[C@@H]24. The lowest BCUT2D eigenvalue weighted by Crippen LogP contribution is -2.75. The molecule has 0 aromatic heterocycles. The number of carbonyl (C=O) groups is 2. The van der Waals surface area contributed by atoms with Crippen molar-refractivity contribution in [1.82, 2.24) is 9.80 Å². The van der Waals surface area contributed by atoms with Gasteiger partial charge in [0, 0.05) is 64.4 Å². The molecule has 12 rings (SSSR count). The number of fused-ring (bicyclic) bond motifs is 4. The summed E-state index contributed by atoms with van der Waals surface area (Å²) < 4.78 is 18.0. The number of hydrogen-bond donors (Lipinski definition) is 3. The first-order valence-corrected chi connectivity index (χ1v) is 19.4. The van der Waals surface area contributed by atoms with Gasteiger partial charge in [-0.2, -0.15) is 0 Å². The summed E-state index contributed by atoms with van der Waals surface area (Å²) in [4.78, 5) is 33.3. The van der Waals surface area contributed by atoms with Gasteiger partial charge in [-0.15, -0.1) is 0 Å². The van der Waals surface area contributed by atoms with E-state index < -0.39 is 16.6 Å². The Morgan fingerprint density at radius 2 is 1.88 bits per heavy atom. The molecule has 3 spiro atoms. The Hall–Kier alpha value is -3.70. The van der Waals surface area contributed by atoms with Crippen LogP contribution in [0.5, 0.6) is 0 Å². The number of nitrogens with zero attached hydrogens (tertiary/aromatic N) is 2. The van der Waals surface area contributed by atoms with Crippen molar-refractivity contribution < 1.29 is 28.9 Å². The van der Waals surface area contributed by atoms with Crippen molar-refractivity contribution in [2.45, 2.75) is 92.8 Å². The number of para-hydroxylation sites is 1. The average Bonchev–Trinajstić information content (AvgIpc) is 3.41. The van der Waals surface area contributed by atoms with Gasteiger partial charge in [-0.05, 0) is 67.5 Å². The molecule has 270 valence electrons. The molecule has 0 radical (unpaired) electrons. The molecule has 4 saturated heterocycles. The van der Waals surface area contributed by atoms with Crippen LogP contribution in [0.2, 0.25) is 0 Å². The second-order valence-electron chi connectivity index (χ2n) is 17.7. The number of esters is 2. The topological polar surface area (TPSA) is 116 Å². The molecule has 12 atom stereocenters. The van der Waals surface area contributed by atoms with E-state index in [-0.39, 0.29) is 64.4 Å². The van der Waals surface area contributed by atoms with Crippen LogP contribution in [0.1, 0.15) is 68.7 Å². The lowest BCUT2D eigenvalue weighted by atomic mass is 9.48. The molecule has 2 bridgehead atoms. The standard InChI is InChI=1S/C42H46N4O6/c1-5-37-20-24(33(47)50-3)31-39(25-9-6-7-10-27(25)43-31)14-18-46(34(37)39)29(30-32(37)52-30)23-11-12-28-26(19-23)40-15-17-45-16-8-13-38(35(40)45)21-41(40,36(48)51-4)42(49,44-28)22(38)2/h6-13,19,22,29-30,32,34-35,43-44,49H,5,14-18,20-21H2,1-4H3/t22-,29-,30-,32-,34+,35+,37-,38-,39+,40-,41-,42-/m1/s1. The monoisotopic (exact) mass is 702 g/mol. The summed E-state index contributed by atoms with van der Waals surface area (Å²) in [7, 11) is 2.97. The van der Waals surface area contributed by atoms with Gasteiger partial charge in [-0.3, -0.25) is 14.6 Å². The second kappa shape index (κ2) is 9.14. The number of anilines is 2. The van der Waals surface area contributed by atoms with Crippen LogP contribution in [0.3, 0.4) is 0 Å². The summed E-state index contributed by atoms with van der Waals surface area (Å²) in [6.45, 7) is 6.99. The predicted molar refractivity (Wildman–Crippen MR) is 191 cm³/mol. The fraction of sp³-hybridized carbons (Fsp3) is 0.571. The summed E-state index contributed by atoms with van der Waals surface area (Å²) in [5.41, 5.74) is 3.24. The normalized spacial score (nSPS) is 47.4. The van der Waals surface area contributed by atoms with Crippen LogP contribution in [0.15, 0.2) is 65.9 Å². The lowest BCUT2D eigenvalue weighted by molar-refractivity contribution is -0.190. The highest BCUT2D eigenvalue weighted by Gasteiger charge is 2.91. The van der Waals surface area contributed by atoms with Gasteiger partial charge in [0.2, 0.25) is 0 Å². The summed E-state index contributed by atoms with van der Waals surface area (Å²) in [6.07, 6.45) is 8.34. The van der Waals surface area contributed by atoms with Crippen LogP contribution in [0.4, 0.5) is 11.4 Å². The molecule has 0 amide bonds. The highest BCUT2D eigenvalue weighted by molar-refractivity contribution is 5.93. The van der Waals surface area contributed by atoms with E-state index in [1.54, 1.807) is 0 Å². The minimum absolute atomic E-state index is 0.00332. The maximum atomic E-state index is 14.4. The Bertz CT molecular complexity index is 2120. The van der Waals surface area contributed by atoms with Crippen LogP contribution in [0.25, 0.3) is 0 Å². The summed E-state index contributed by atoms with van der Waals surface area (Å²) in [6, 6.07) is 15.6. The number of nitrogens with one attached hydrogen (secondary N) is 2. The number of carbonyl (C=O) groups excluding carboxylic acids is 2. The van der Waals surface area contributed by atoms with Crippen molar-refractivity contribution in [3.8, 4) is 0 Å². The fourth-order valence-corrected chi connectivity index (χ4v) is 15.3. The molecular formula is C42H46N4O6. The van der Waals surface area contributed by atoms with E-state index >= 15 is 0 Å². The number of benzene rings is 2. The molecule has 0 unspecified atom stereocenters. The number of epoxide rings is 1. The van der Waals surface area contributed by atoms with E-state index in [0.29, 0.717) is 12.8 Å². The molecule has 3 aliphatic carbocycles. The third kappa shape index (κ3) is 2.80. The van der Waals surface area contributed by atoms with Gasteiger partial charge in [-0.25, -0.2) is 4.79 Å². The van der Waals surface area contributed by atoms with Crippen molar-refractivity contribution in [1.29, 1.82) is 0 Å². The number of piperidine rings is 1. The summed E-state index contributed by atoms with van der Waals surface area (Å²) in [5, 5.41) is 20.2. The van der Waals surface area contributed by atoms with Gasteiger partial charge in [0.05, 0.1) is 37.4 Å². The molecular weight excluding hydrogens is 656 g/mol. The molecule has 52 heavy (non-hydrogen) atoms. The smallest absolute Gasteiger partial charge is 0.335 e. The Labute approximate surface area is 303 Å². The van der Waals surface area contributed by atoms with E-state index in [1.165, 1.54) is 25.3 Å². The molecule has 6 fully saturated rings. The van der Waals surface area contributed by atoms with E-state index in [1.807, 2.05) is 0 Å². The van der Waals surface area contributed by atoms with Crippen molar-refractivity contribution in [3.05, 3.63) is 82.6 Å². The largest absolute Gasteiger partial charge is 0.468 e. The van der Waals surface area contributed by atoms with Gasteiger partial charge >= 0.3 is 11.9 Å². The molecule has 3 N–H and O–H groups in total. The highest BCUT2D eigenvalue weighted by Crippen LogP contribution is 2.82. The number of rotatable bonds is 4. The predicted octanol–water partition coefficient (Wildman–Crippen LogP) is 4.37. The molecule has 7 aliphatic heterocycles. The van der Waals surface area contributed by atoms with Gasteiger partial charge in [-0.1, -0.05) is 56.3 Å². The van der Waals surface area contributed by atoms with Gasteiger partial charge < -0.3 is 30.0 Å². The van der Waals surface area contributed by atoms with Crippen LogP contribution in [-0.4, -0.2) is 90.7 Å². The van der Waals surface area contributed by atoms with Gasteiger partial charge in [0.25, 0.3) is 0 Å². The first-order valence-electron chi connectivity index (χ1n) is 19.4. The first-order chi connectivity index (χ1) is 25.1. The lowest BCUT2D eigenvalue weighted by Gasteiger charge is -2.63. The van der Waals surface area contributed by atoms with Crippen LogP contribution in [0, 0.1) is 22.2 Å². The third-order valence-corrected chi connectivity index (χ3v) is 16.9. The minimum atomic E-state index is -1.44.